The zero-order valence-corrected chi connectivity index (χ0v) is 15.1. The molecule has 0 spiro atoms. The quantitative estimate of drug-likeness (QED) is 0.700. The maximum atomic E-state index is 12.8. The Hall–Kier alpha value is -1.52. The van der Waals surface area contributed by atoms with Crippen LogP contribution in [0.2, 0.25) is 5.02 Å². The second-order valence-electron chi connectivity index (χ2n) is 6.26. The van der Waals surface area contributed by atoms with Gasteiger partial charge in [0, 0.05) is 29.2 Å². The Labute approximate surface area is 158 Å². The van der Waals surface area contributed by atoms with Crippen LogP contribution in [0.15, 0.2) is 18.2 Å². The molecule has 148 valence electrons. The predicted octanol–water partition coefficient (Wildman–Crippen LogP) is 4.94. The highest BCUT2D eigenvalue weighted by atomic mass is 35.5. The summed E-state index contributed by atoms with van der Waals surface area (Å²) < 4.78 is 75.9. The Morgan fingerprint density at radius 1 is 1.26 bits per heavy atom. The SMILES string of the molecule is O=C(N[C@H]1CCN(CC(F)(F)F)C1)c1sc2cc(C(F)(F)F)ccc2c1Cl. The van der Waals surface area contributed by atoms with Crippen LogP contribution < -0.4 is 5.32 Å². The molecule has 3 nitrogen and oxygen atoms in total. The molecule has 1 atom stereocenters. The summed E-state index contributed by atoms with van der Waals surface area (Å²) in [6.07, 6.45) is -8.48. The number of hydrogen-bond donors (Lipinski definition) is 1. The third-order valence-corrected chi connectivity index (χ3v) is 5.83. The van der Waals surface area contributed by atoms with E-state index in [2.05, 4.69) is 5.32 Å². The largest absolute Gasteiger partial charge is 0.416 e. The van der Waals surface area contributed by atoms with E-state index in [0.717, 1.165) is 23.5 Å². The van der Waals surface area contributed by atoms with E-state index in [4.69, 9.17) is 11.6 Å². The number of nitrogens with one attached hydrogen (secondary N) is 1. The van der Waals surface area contributed by atoms with Crippen molar-refractivity contribution < 1.29 is 31.1 Å². The summed E-state index contributed by atoms with van der Waals surface area (Å²) in [5, 5.41) is 2.97. The van der Waals surface area contributed by atoms with Crippen molar-refractivity contribution in [3.05, 3.63) is 33.7 Å². The minimum absolute atomic E-state index is 0.0337. The highest BCUT2D eigenvalue weighted by Gasteiger charge is 2.35. The molecule has 27 heavy (non-hydrogen) atoms. The molecule has 2 heterocycles. The van der Waals surface area contributed by atoms with Gasteiger partial charge in [0.2, 0.25) is 0 Å². The van der Waals surface area contributed by atoms with Gasteiger partial charge in [-0.3, -0.25) is 9.69 Å². The molecule has 0 bridgehead atoms. The second kappa shape index (κ2) is 7.14. The van der Waals surface area contributed by atoms with Gasteiger partial charge in [-0.1, -0.05) is 17.7 Å². The predicted molar refractivity (Wildman–Crippen MR) is 90.2 cm³/mol. The van der Waals surface area contributed by atoms with Crippen molar-refractivity contribution in [1.29, 1.82) is 0 Å². The maximum absolute atomic E-state index is 12.8. The van der Waals surface area contributed by atoms with Crippen LogP contribution >= 0.6 is 22.9 Å². The molecule has 1 aromatic carbocycles. The van der Waals surface area contributed by atoms with Crippen LogP contribution in [0.5, 0.6) is 0 Å². The first-order chi connectivity index (χ1) is 12.4. The number of alkyl halides is 6. The standard InChI is InChI=1S/C16H13ClF6N2OS/c17-12-10-2-1-8(16(21,22)23)5-11(10)27-13(12)14(26)24-9-3-4-25(6-9)7-15(18,19)20/h1-2,5,9H,3-4,6-7H2,(H,24,26)/t9-/m0/s1. The topological polar surface area (TPSA) is 32.3 Å². The Balaban J connectivity index is 1.74. The first-order valence-electron chi connectivity index (χ1n) is 7.83. The van der Waals surface area contributed by atoms with Gasteiger partial charge in [-0.25, -0.2) is 0 Å². The lowest BCUT2D eigenvalue weighted by Gasteiger charge is -2.18. The third-order valence-electron chi connectivity index (χ3n) is 4.17. The summed E-state index contributed by atoms with van der Waals surface area (Å²) in [5.41, 5.74) is -0.849. The van der Waals surface area contributed by atoms with Crippen LogP contribution in [0.25, 0.3) is 10.1 Å². The summed E-state index contributed by atoms with van der Waals surface area (Å²) in [5.74, 6) is -0.603. The molecule has 1 aliphatic heterocycles. The van der Waals surface area contributed by atoms with Crippen molar-refractivity contribution in [3.63, 3.8) is 0 Å². The number of hydrogen-bond acceptors (Lipinski definition) is 3. The van der Waals surface area contributed by atoms with Crippen LogP contribution in [0.1, 0.15) is 21.7 Å². The van der Waals surface area contributed by atoms with Crippen LogP contribution in [-0.2, 0) is 6.18 Å². The van der Waals surface area contributed by atoms with Crippen molar-refractivity contribution in [2.45, 2.75) is 24.8 Å². The fraction of sp³-hybridized carbons (Fsp3) is 0.438. The van der Waals surface area contributed by atoms with E-state index < -0.39 is 36.4 Å². The minimum Gasteiger partial charge on any atom is -0.347 e. The van der Waals surface area contributed by atoms with Crippen molar-refractivity contribution >= 4 is 38.9 Å². The fourth-order valence-corrected chi connectivity index (χ4v) is 4.45. The summed E-state index contributed by atoms with van der Waals surface area (Å²) in [6, 6.07) is 2.53. The summed E-state index contributed by atoms with van der Waals surface area (Å²) in [4.78, 5) is 13.6. The fourth-order valence-electron chi connectivity index (χ4n) is 2.99. The van der Waals surface area contributed by atoms with Gasteiger partial charge >= 0.3 is 12.4 Å². The average molecular weight is 431 g/mol. The monoisotopic (exact) mass is 430 g/mol. The van der Waals surface area contributed by atoms with Gasteiger partial charge in [0.05, 0.1) is 17.1 Å². The smallest absolute Gasteiger partial charge is 0.347 e. The zero-order chi connectivity index (χ0) is 20.0. The van der Waals surface area contributed by atoms with E-state index in [9.17, 15) is 31.1 Å². The number of rotatable bonds is 3. The number of carbonyl (C=O) groups is 1. The molecular formula is C16H13ClF6N2OS. The molecular weight excluding hydrogens is 418 g/mol. The first kappa shape index (κ1) is 20.2. The van der Waals surface area contributed by atoms with Crippen LogP contribution in [0.4, 0.5) is 26.3 Å². The highest BCUT2D eigenvalue weighted by Crippen LogP contribution is 2.39. The molecule has 0 saturated carbocycles. The lowest BCUT2D eigenvalue weighted by atomic mass is 10.1. The van der Waals surface area contributed by atoms with E-state index >= 15 is 0 Å². The maximum Gasteiger partial charge on any atom is 0.416 e. The van der Waals surface area contributed by atoms with Crippen molar-refractivity contribution in [1.82, 2.24) is 10.2 Å². The van der Waals surface area contributed by atoms with Gasteiger partial charge < -0.3 is 5.32 Å². The Kier molecular flexibility index (Phi) is 5.35. The van der Waals surface area contributed by atoms with Crippen LogP contribution in [0, 0.1) is 0 Å². The van der Waals surface area contributed by atoms with Crippen molar-refractivity contribution in [2.75, 3.05) is 19.6 Å². The normalized spacial score (nSPS) is 19.0. The van der Waals surface area contributed by atoms with Crippen molar-refractivity contribution in [3.8, 4) is 0 Å². The number of fused-ring (bicyclic) bond motifs is 1. The van der Waals surface area contributed by atoms with Gasteiger partial charge in [-0.05, 0) is 18.6 Å². The molecule has 3 rings (SSSR count). The number of halogens is 7. The molecule has 0 aliphatic carbocycles. The number of nitrogens with zero attached hydrogens (tertiary/aromatic N) is 1. The number of amides is 1. The van der Waals surface area contributed by atoms with E-state index in [1.165, 1.54) is 11.0 Å². The third kappa shape index (κ3) is 4.67. The number of likely N-dealkylation sites (tertiary alicyclic amines) is 1. The average Bonchev–Trinajstić information content (AvgIpc) is 3.09. The number of carbonyl (C=O) groups excluding carboxylic acids is 1. The van der Waals surface area contributed by atoms with E-state index in [1.807, 2.05) is 0 Å². The van der Waals surface area contributed by atoms with Gasteiger partial charge in [0.15, 0.2) is 0 Å². The lowest BCUT2D eigenvalue weighted by Crippen LogP contribution is -2.39. The molecule has 0 radical (unpaired) electrons. The van der Waals surface area contributed by atoms with Gasteiger partial charge in [-0.15, -0.1) is 11.3 Å². The summed E-state index contributed by atoms with van der Waals surface area (Å²) in [7, 11) is 0. The molecule has 1 amide bonds. The number of thiophene rings is 1. The van der Waals surface area contributed by atoms with Crippen LogP contribution in [0.3, 0.4) is 0 Å². The summed E-state index contributed by atoms with van der Waals surface area (Å²) >= 11 is 6.95. The van der Waals surface area contributed by atoms with Gasteiger partial charge in [0.25, 0.3) is 5.91 Å². The van der Waals surface area contributed by atoms with Gasteiger partial charge in [0.1, 0.15) is 4.88 Å². The molecule has 1 aliphatic rings. The van der Waals surface area contributed by atoms with E-state index in [0.29, 0.717) is 11.8 Å². The van der Waals surface area contributed by atoms with Crippen molar-refractivity contribution in [2.24, 2.45) is 0 Å². The molecule has 0 unspecified atom stereocenters. The Bertz CT molecular complexity index is 863. The molecule has 2 aromatic rings. The second-order valence-corrected chi connectivity index (χ2v) is 7.69. The molecule has 11 heteroatoms. The lowest BCUT2D eigenvalue weighted by molar-refractivity contribution is -0.143. The first-order valence-corrected chi connectivity index (χ1v) is 9.03. The Morgan fingerprint density at radius 2 is 1.96 bits per heavy atom. The number of benzene rings is 1. The minimum atomic E-state index is -4.52. The molecule has 1 aromatic heterocycles. The van der Waals surface area contributed by atoms with E-state index in [1.54, 1.807) is 0 Å². The highest BCUT2D eigenvalue weighted by molar-refractivity contribution is 7.21. The molecule has 1 N–H and O–H groups in total. The summed E-state index contributed by atoms with van der Waals surface area (Å²) in [6.45, 7) is -0.811. The molecule has 1 fully saturated rings. The zero-order valence-electron chi connectivity index (χ0n) is 13.5. The van der Waals surface area contributed by atoms with E-state index in [-0.39, 0.29) is 27.7 Å². The molecule has 1 saturated heterocycles. The van der Waals surface area contributed by atoms with Crippen LogP contribution in [-0.4, -0.2) is 42.7 Å². The van der Waals surface area contributed by atoms with Gasteiger partial charge in [-0.2, -0.15) is 26.3 Å². The Morgan fingerprint density at radius 3 is 2.59 bits per heavy atom.